The van der Waals surface area contributed by atoms with Gasteiger partial charge in [0, 0.05) is 6.42 Å². The second kappa shape index (κ2) is 4.59. The highest BCUT2D eigenvalue weighted by molar-refractivity contribution is 5.76. The fraction of sp³-hybridized carbons (Fsp3) is 0.600. The van der Waals surface area contributed by atoms with Gasteiger partial charge in [0.2, 0.25) is 12.8 Å². The van der Waals surface area contributed by atoms with Crippen LogP contribution < -0.4 is 5.32 Å². The van der Waals surface area contributed by atoms with Gasteiger partial charge in [-0.3, -0.25) is 4.79 Å². The number of amides is 1. The van der Waals surface area contributed by atoms with Crippen molar-refractivity contribution in [2.24, 2.45) is 0 Å². The Labute approximate surface area is 61.2 Å². The molecule has 0 spiro atoms. The molecule has 0 aliphatic rings. The molecule has 0 aromatic rings. The van der Waals surface area contributed by atoms with Gasteiger partial charge >= 0.3 is 5.97 Å². The van der Waals surface area contributed by atoms with Crippen LogP contribution in [0.4, 0.5) is 8.78 Å². The van der Waals surface area contributed by atoms with Crippen LogP contribution in [0.3, 0.4) is 0 Å². The molecule has 2 N–H and O–H groups in total. The van der Waals surface area contributed by atoms with Crippen molar-refractivity contribution in [3.8, 4) is 0 Å². The first kappa shape index (κ1) is 9.80. The molecule has 0 radical (unpaired) electrons. The van der Waals surface area contributed by atoms with Crippen molar-refractivity contribution in [3.05, 3.63) is 0 Å². The van der Waals surface area contributed by atoms with Crippen LogP contribution in [0, 0.1) is 0 Å². The highest BCUT2D eigenvalue weighted by Crippen LogP contribution is 2.03. The standard InChI is InChI=1S/C5H7F2NO3/c6-4(7)1-3(5(10)11)8-2-9/h2-4H,1H2,(H,8,9)(H,10,11). The number of carboxylic acids is 1. The van der Waals surface area contributed by atoms with E-state index in [0.29, 0.717) is 0 Å². The molecule has 4 nitrogen and oxygen atoms in total. The Morgan fingerprint density at radius 1 is 1.64 bits per heavy atom. The molecule has 0 aromatic carbocycles. The molecule has 0 heterocycles. The van der Waals surface area contributed by atoms with Crippen LogP contribution in [0.1, 0.15) is 6.42 Å². The molecule has 1 unspecified atom stereocenters. The van der Waals surface area contributed by atoms with Crippen molar-refractivity contribution in [3.63, 3.8) is 0 Å². The van der Waals surface area contributed by atoms with Gasteiger partial charge in [-0.1, -0.05) is 0 Å². The molecular weight excluding hydrogens is 160 g/mol. The first-order chi connectivity index (χ1) is 5.07. The van der Waals surface area contributed by atoms with Gasteiger partial charge in [0.05, 0.1) is 0 Å². The van der Waals surface area contributed by atoms with Crippen molar-refractivity contribution in [2.75, 3.05) is 0 Å². The van der Waals surface area contributed by atoms with E-state index in [9.17, 15) is 18.4 Å². The molecule has 1 atom stereocenters. The number of rotatable bonds is 5. The molecule has 0 saturated heterocycles. The van der Waals surface area contributed by atoms with Gasteiger partial charge in [0.25, 0.3) is 0 Å². The lowest BCUT2D eigenvalue weighted by Crippen LogP contribution is -2.37. The minimum absolute atomic E-state index is 0.0845. The van der Waals surface area contributed by atoms with Gasteiger partial charge in [0.15, 0.2) is 0 Å². The average molecular weight is 167 g/mol. The van der Waals surface area contributed by atoms with E-state index < -0.39 is 24.9 Å². The lowest BCUT2D eigenvalue weighted by atomic mass is 10.2. The van der Waals surface area contributed by atoms with E-state index >= 15 is 0 Å². The maximum absolute atomic E-state index is 11.5. The largest absolute Gasteiger partial charge is 0.480 e. The minimum Gasteiger partial charge on any atom is -0.480 e. The number of halogens is 2. The summed E-state index contributed by atoms with van der Waals surface area (Å²) in [5.74, 6) is -1.46. The SMILES string of the molecule is O=CNC(CC(F)F)C(=O)O. The van der Waals surface area contributed by atoms with Gasteiger partial charge < -0.3 is 10.4 Å². The molecule has 0 aliphatic heterocycles. The highest BCUT2D eigenvalue weighted by atomic mass is 19.3. The van der Waals surface area contributed by atoms with E-state index in [0.717, 1.165) is 0 Å². The van der Waals surface area contributed by atoms with E-state index in [1.807, 2.05) is 0 Å². The smallest absolute Gasteiger partial charge is 0.326 e. The Morgan fingerprint density at radius 3 is 2.45 bits per heavy atom. The van der Waals surface area contributed by atoms with Crippen molar-refractivity contribution < 1.29 is 23.5 Å². The molecular formula is C5H7F2NO3. The Hall–Kier alpha value is -1.20. The van der Waals surface area contributed by atoms with Crippen LogP contribution in [0.2, 0.25) is 0 Å². The maximum Gasteiger partial charge on any atom is 0.326 e. The Kier molecular flexibility index (Phi) is 4.09. The number of hydrogen-bond donors (Lipinski definition) is 2. The zero-order valence-corrected chi connectivity index (χ0v) is 5.46. The summed E-state index contributed by atoms with van der Waals surface area (Å²) in [6, 6.07) is -1.49. The molecule has 0 aromatic heterocycles. The first-order valence-corrected chi connectivity index (χ1v) is 2.78. The molecule has 1 amide bonds. The summed E-state index contributed by atoms with van der Waals surface area (Å²) in [7, 11) is 0. The Balaban J connectivity index is 3.88. The summed E-state index contributed by atoms with van der Waals surface area (Å²) in [6.07, 6.45) is -3.52. The third-order valence-electron chi connectivity index (χ3n) is 0.981. The summed E-state index contributed by atoms with van der Waals surface area (Å²) < 4.78 is 23.1. The summed E-state index contributed by atoms with van der Waals surface area (Å²) in [5.41, 5.74) is 0. The number of carbonyl (C=O) groups is 2. The number of alkyl halides is 2. The summed E-state index contributed by atoms with van der Waals surface area (Å²) in [4.78, 5) is 19.8. The first-order valence-electron chi connectivity index (χ1n) is 2.78. The third kappa shape index (κ3) is 4.24. The Bertz CT molecular complexity index is 151. The van der Waals surface area contributed by atoms with E-state index in [1.54, 1.807) is 5.32 Å². The molecule has 0 bridgehead atoms. The van der Waals surface area contributed by atoms with Crippen LogP contribution in [-0.2, 0) is 9.59 Å². The zero-order chi connectivity index (χ0) is 8.85. The quantitative estimate of drug-likeness (QED) is 0.559. The molecule has 6 heteroatoms. The normalized spacial score (nSPS) is 12.6. The van der Waals surface area contributed by atoms with Gasteiger partial charge in [0.1, 0.15) is 6.04 Å². The fourth-order valence-corrected chi connectivity index (χ4v) is 0.500. The van der Waals surface area contributed by atoms with Crippen molar-refractivity contribution in [1.29, 1.82) is 0 Å². The molecule has 0 aliphatic carbocycles. The fourth-order valence-electron chi connectivity index (χ4n) is 0.500. The molecule has 0 rings (SSSR count). The van der Waals surface area contributed by atoms with Crippen molar-refractivity contribution >= 4 is 12.4 Å². The van der Waals surface area contributed by atoms with E-state index in [-0.39, 0.29) is 6.41 Å². The predicted molar refractivity (Wildman–Crippen MR) is 31.2 cm³/mol. The van der Waals surface area contributed by atoms with E-state index in [1.165, 1.54) is 0 Å². The van der Waals surface area contributed by atoms with Crippen LogP contribution in [0.15, 0.2) is 0 Å². The highest BCUT2D eigenvalue weighted by Gasteiger charge is 2.20. The predicted octanol–water partition coefficient (Wildman–Crippen LogP) is -0.159. The number of nitrogens with one attached hydrogen (secondary N) is 1. The summed E-state index contributed by atoms with van der Waals surface area (Å²) in [6.45, 7) is 0. The maximum atomic E-state index is 11.5. The number of carbonyl (C=O) groups excluding carboxylic acids is 1. The summed E-state index contributed by atoms with van der Waals surface area (Å²) >= 11 is 0. The lowest BCUT2D eigenvalue weighted by Gasteiger charge is -2.08. The van der Waals surface area contributed by atoms with E-state index in [4.69, 9.17) is 5.11 Å². The second-order valence-electron chi connectivity index (χ2n) is 1.80. The number of hydrogen-bond acceptors (Lipinski definition) is 2. The second-order valence-corrected chi connectivity index (χ2v) is 1.80. The van der Waals surface area contributed by atoms with Crippen LogP contribution >= 0.6 is 0 Å². The lowest BCUT2D eigenvalue weighted by molar-refractivity contribution is -0.141. The van der Waals surface area contributed by atoms with Gasteiger partial charge in [-0.25, -0.2) is 13.6 Å². The minimum atomic E-state index is -2.73. The number of carboxylic acid groups (broad SMARTS) is 1. The van der Waals surface area contributed by atoms with Crippen molar-refractivity contribution in [1.82, 2.24) is 5.32 Å². The van der Waals surface area contributed by atoms with Crippen LogP contribution in [-0.4, -0.2) is 30.0 Å². The zero-order valence-electron chi connectivity index (χ0n) is 5.46. The average Bonchev–Trinajstić information content (AvgIpc) is 1.86. The van der Waals surface area contributed by atoms with Crippen molar-refractivity contribution in [2.45, 2.75) is 18.9 Å². The van der Waals surface area contributed by atoms with Gasteiger partial charge in [-0.05, 0) is 0 Å². The molecule has 64 valence electrons. The topological polar surface area (TPSA) is 66.4 Å². The summed E-state index contributed by atoms with van der Waals surface area (Å²) in [5, 5.41) is 9.95. The van der Waals surface area contributed by atoms with Crippen LogP contribution in [0.25, 0.3) is 0 Å². The van der Waals surface area contributed by atoms with Crippen LogP contribution in [0.5, 0.6) is 0 Å². The molecule has 0 saturated carbocycles. The van der Waals surface area contributed by atoms with E-state index in [2.05, 4.69) is 0 Å². The molecule has 0 fully saturated rings. The molecule has 11 heavy (non-hydrogen) atoms. The monoisotopic (exact) mass is 167 g/mol. The third-order valence-corrected chi connectivity index (χ3v) is 0.981. The number of aliphatic carboxylic acids is 1. The Morgan fingerprint density at radius 2 is 2.18 bits per heavy atom. The van der Waals surface area contributed by atoms with Gasteiger partial charge in [-0.15, -0.1) is 0 Å². The van der Waals surface area contributed by atoms with Gasteiger partial charge in [-0.2, -0.15) is 0 Å².